The fraction of sp³-hybridized carbons (Fsp3) is 0.588. The van der Waals surface area contributed by atoms with Gasteiger partial charge < -0.3 is 15.0 Å². The van der Waals surface area contributed by atoms with Crippen molar-refractivity contribution in [3.05, 3.63) is 28.7 Å². The number of ether oxygens (including phenoxy) is 1. The third kappa shape index (κ3) is 3.63. The Bertz CT molecular complexity index is 519. The predicted octanol–water partition coefficient (Wildman–Crippen LogP) is 2.82. The van der Waals surface area contributed by atoms with Gasteiger partial charge >= 0.3 is 0 Å². The van der Waals surface area contributed by atoms with Gasteiger partial charge in [-0.25, -0.2) is 0 Å². The van der Waals surface area contributed by atoms with Gasteiger partial charge in [-0.3, -0.25) is 4.79 Å². The van der Waals surface area contributed by atoms with Crippen molar-refractivity contribution in [2.45, 2.75) is 25.7 Å². The number of amides is 1. The van der Waals surface area contributed by atoms with Crippen molar-refractivity contribution >= 4 is 21.8 Å². The van der Waals surface area contributed by atoms with E-state index in [1.54, 1.807) is 0 Å². The number of nitrogens with zero attached hydrogens (tertiary/aromatic N) is 1. The van der Waals surface area contributed by atoms with Gasteiger partial charge in [0.05, 0.1) is 17.5 Å². The van der Waals surface area contributed by atoms with Crippen molar-refractivity contribution in [2.75, 3.05) is 32.8 Å². The predicted molar refractivity (Wildman–Crippen MR) is 90.0 cm³/mol. The molecule has 1 N–H and O–H groups in total. The van der Waals surface area contributed by atoms with Crippen LogP contribution in [0, 0.1) is 5.41 Å². The van der Waals surface area contributed by atoms with Gasteiger partial charge in [-0.15, -0.1) is 0 Å². The maximum Gasteiger partial charge on any atom is 0.225 e. The van der Waals surface area contributed by atoms with Crippen LogP contribution in [0.2, 0.25) is 0 Å². The molecule has 0 saturated carbocycles. The van der Waals surface area contributed by atoms with E-state index in [1.165, 1.54) is 6.42 Å². The van der Waals surface area contributed by atoms with Gasteiger partial charge in [0, 0.05) is 19.6 Å². The second kappa shape index (κ2) is 7.01. The highest BCUT2D eigenvalue weighted by Crippen LogP contribution is 2.37. The third-order valence-corrected chi connectivity index (χ3v) is 5.57. The van der Waals surface area contributed by atoms with Crippen LogP contribution in [0.1, 0.15) is 25.7 Å². The van der Waals surface area contributed by atoms with E-state index in [9.17, 15) is 4.79 Å². The third-order valence-electron chi connectivity index (χ3n) is 4.92. The number of para-hydroxylation sites is 1. The Morgan fingerprint density at radius 2 is 2.05 bits per heavy atom. The van der Waals surface area contributed by atoms with E-state index in [0.29, 0.717) is 18.4 Å². The Morgan fingerprint density at radius 1 is 1.27 bits per heavy atom. The first kappa shape index (κ1) is 15.8. The van der Waals surface area contributed by atoms with Crippen LogP contribution >= 0.6 is 15.9 Å². The van der Waals surface area contributed by atoms with Crippen LogP contribution in [-0.2, 0) is 4.79 Å². The molecule has 0 aliphatic carbocycles. The van der Waals surface area contributed by atoms with Gasteiger partial charge in [0.1, 0.15) is 5.75 Å². The lowest BCUT2D eigenvalue weighted by Gasteiger charge is -2.38. The molecule has 120 valence electrons. The fourth-order valence-electron chi connectivity index (χ4n) is 3.42. The maximum atomic E-state index is 12.3. The normalized spacial score (nSPS) is 20.3. The molecule has 1 aromatic carbocycles. The van der Waals surface area contributed by atoms with E-state index in [1.807, 2.05) is 29.2 Å². The highest BCUT2D eigenvalue weighted by atomic mass is 79.9. The van der Waals surface area contributed by atoms with Crippen molar-refractivity contribution in [3.8, 4) is 5.75 Å². The molecule has 2 aliphatic rings. The van der Waals surface area contributed by atoms with Crippen LogP contribution in [-0.4, -0.2) is 43.6 Å². The number of rotatable bonds is 4. The zero-order valence-corrected chi connectivity index (χ0v) is 14.4. The summed E-state index contributed by atoms with van der Waals surface area (Å²) in [5, 5.41) is 3.46. The number of benzene rings is 1. The summed E-state index contributed by atoms with van der Waals surface area (Å²) in [5.41, 5.74) is 0.460. The Labute approximate surface area is 140 Å². The van der Waals surface area contributed by atoms with Crippen molar-refractivity contribution in [1.29, 1.82) is 0 Å². The minimum absolute atomic E-state index is 0.216. The van der Waals surface area contributed by atoms with Gasteiger partial charge in [-0.2, -0.15) is 0 Å². The molecule has 5 heteroatoms. The van der Waals surface area contributed by atoms with Gasteiger partial charge in [0.25, 0.3) is 0 Å². The second-order valence-electron chi connectivity index (χ2n) is 6.34. The van der Waals surface area contributed by atoms with Crippen LogP contribution in [0.15, 0.2) is 28.7 Å². The minimum atomic E-state index is 0.216. The SMILES string of the molecule is O=C(CCOc1ccccc1Br)N1CCC2(CCNC2)CC1. The van der Waals surface area contributed by atoms with Crippen LogP contribution in [0.3, 0.4) is 0 Å². The van der Waals surface area contributed by atoms with Gasteiger partial charge in [0.15, 0.2) is 0 Å². The molecule has 1 aromatic rings. The van der Waals surface area contributed by atoms with E-state index in [4.69, 9.17) is 4.74 Å². The summed E-state index contributed by atoms with van der Waals surface area (Å²) in [5.74, 6) is 1.01. The van der Waals surface area contributed by atoms with E-state index in [0.717, 1.165) is 49.2 Å². The average Bonchev–Trinajstić information content (AvgIpc) is 2.98. The van der Waals surface area contributed by atoms with Crippen LogP contribution in [0.5, 0.6) is 5.75 Å². The molecule has 0 aromatic heterocycles. The van der Waals surface area contributed by atoms with Crippen molar-refractivity contribution in [3.63, 3.8) is 0 Å². The largest absolute Gasteiger partial charge is 0.492 e. The number of hydrogen-bond acceptors (Lipinski definition) is 3. The molecule has 0 unspecified atom stereocenters. The van der Waals surface area contributed by atoms with Crippen molar-refractivity contribution in [1.82, 2.24) is 10.2 Å². The number of halogens is 1. The number of hydrogen-bond donors (Lipinski definition) is 1. The lowest BCUT2D eigenvalue weighted by molar-refractivity contribution is -0.133. The molecule has 2 aliphatic heterocycles. The maximum absolute atomic E-state index is 12.3. The topological polar surface area (TPSA) is 41.6 Å². The van der Waals surface area contributed by atoms with E-state index in [2.05, 4.69) is 21.2 Å². The number of carbonyl (C=O) groups is 1. The summed E-state index contributed by atoms with van der Waals surface area (Å²) in [6.45, 7) is 4.49. The molecule has 3 rings (SSSR count). The Kier molecular flexibility index (Phi) is 5.03. The first-order valence-corrected chi connectivity index (χ1v) is 8.84. The summed E-state index contributed by atoms with van der Waals surface area (Å²) < 4.78 is 6.61. The first-order chi connectivity index (χ1) is 10.7. The molecule has 2 heterocycles. The van der Waals surface area contributed by atoms with E-state index >= 15 is 0 Å². The summed E-state index contributed by atoms with van der Waals surface area (Å²) in [7, 11) is 0. The Morgan fingerprint density at radius 3 is 2.73 bits per heavy atom. The smallest absolute Gasteiger partial charge is 0.225 e. The molecule has 0 atom stereocenters. The van der Waals surface area contributed by atoms with Gasteiger partial charge in [-0.05, 0) is 59.3 Å². The highest BCUT2D eigenvalue weighted by Gasteiger charge is 2.37. The Hall–Kier alpha value is -1.07. The number of carbonyl (C=O) groups excluding carboxylic acids is 1. The van der Waals surface area contributed by atoms with Crippen LogP contribution in [0.4, 0.5) is 0 Å². The zero-order valence-electron chi connectivity index (χ0n) is 12.8. The number of piperidine rings is 1. The summed E-state index contributed by atoms with van der Waals surface area (Å²) in [6.07, 6.45) is 3.99. The minimum Gasteiger partial charge on any atom is -0.492 e. The number of nitrogens with one attached hydrogen (secondary N) is 1. The molecule has 2 saturated heterocycles. The van der Waals surface area contributed by atoms with Crippen LogP contribution in [0.25, 0.3) is 0 Å². The lowest BCUT2D eigenvalue weighted by atomic mass is 9.78. The molecular formula is C17H23BrN2O2. The van der Waals surface area contributed by atoms with E-state index in [-0.39, 0.29) is 5.91 Å². The van der Waals surface area contributed by atoms with Crippen molar-refractivity contribution < 1.29 is 9.53 Å². The summed E-state index contributed by atoms with van der Waals surface area (Å²) in [4.78, 5) is 14.3. The summed E-state index contributed by atoms with van der Waals surface area (Å²) in [6, 6.07) is 7.73. The molecule has 4 nitrogen and oxygen atoms in total. The van der Waals surface area contributed by atoms with Crippen LogP contribution < -0.4 is 10.1 Å². The number of likely N-dealkylation sites (tertiary alicyclic amines) is 1. The fourth-order valence-corrected chi connectivity index (χ4v) is 3.82. The Balaban J connectivity index is 1.42. The molecule has 0 bridgehead atoms. The monoisotopic (exact) mass is 366 g/mol. The quantitative estimate of drug-likeness (QED) is 0.890. The lowest BCUT2D eigenvalue weighted by Crippen LogP contribution is -2.44. The average molecular weight is 367 g/mol. The molecule has 1 spiro atoms. The zero-order chi connectivity index (χ0) is 15.4. The molecule has 1 amide bonds. The molecule has 22 heavy (non-hydrogen) atoms. The highest BCUT2D eigenvalue weighted by molar-refractivity contribution is 9.10. The molecular weight excluding hydrogens is 344 g/mol. The van der Waals surface area contributed by atoms with Gasteiger partial charge in [-0.1, -0.05) is 12.1 Å². The van der Waals surface area contributed by atoms with Crippen molar-refractivity contribution in [2.24, 2.45) is 5.41 Å². The van der Waals surface area contributed by atoms with E-state index < -0.39 is 0 Å². The first-order valence-electron chi connectivity index (χ1n) is 8.04. The van der Waals surface area contributed by atoms with Gasteiger partial charge in [0.2, 0.25) is 5.91 Å². The summed E-state index contributed by atoms with van der Waals surface area (Å²) >= 11 is 3.45. The molecule has 0 radical (unpaired) electrons. The molecule has 2 fully saturated rings. The second-order valence-corrected chi connectivity index (χ2v) is 7.19. The standard InChI is InChI=1S/C17H23BrN2O2/c18-14-3-1-2-4-15(14)22-12-5-16(21)20-10-7-17(8-11-20)6-9-19-13-17/h1-4,19H,5-13H2.